The van der Waals surface area contributed by atoms with Gasteiger partial charge in [0.1, 0.15) is 6.61 Å². The summed E-state index contributed by atoms with van der Waals surface area (Å²) in [5, 5.41) is 13.8. The third kappa shape index (κ3) is 11.3. The molecule has 0 bridgehead atoms. The van der Waals surface area contributed by atoms with Crippen molar-refractivity contribution in [2.24, 2.45) is 5.92 Å². The van der Waals surface area contributed by atoms with Gasteiger partial charge < -0.3 is 36.2 Å². The van der Waals surface area contributed by atoms with Gasteiger partial charge in [0.15, 0.2) is 18.4 Å². The average molecular weight is 458 g/mol. The highest BCUT2D eigenvalue weighted by atomic mass is 16.5. The van der Waals surface area contributed by atoms with Crippen molar-refractivity contribution in [1.82, 2.24) is 5.32 Å². The van der Waals surface area contributed by atoms with Crippen molar-refractivity contribution < 1.29 is 54.8 Å². The fourth-order valence-electron chi connectivity index (χ4n) is 2.38. The molecule has 0 rings (SSSR count). The molecular formula is C20H32N3O9+. The lowest BCUT2D eigenvalue weighted by atomic mass is 9.95. The van der Waals surface area contributed by atoms with E-state index in [1.165, 1.54) is 6.92 Å². The Morgan fingerprint density at radius 2 is 1.59 bits per heavy atom. The number of hydrogen-bond acceptors (Lipinski definition) is 9. The number of carboxylic acids is 1. The predicted octanol–water partition coefficient (Wildman–Crippen LogP) is -3.93. The summed E-state index contributed by atoms with van der Waals surface area (Å²) >= 11 is 0. The van der Waals surface area contributed by atoms with Crippen molar-refractivity contribution in [1.29, 1.82) is 0 Å². The number of aliphatic carboxylic acids is 1. The molecule has 12 heteroatoms. The van der Waals surface area contributed by atoms with E-state index in [0.29, 0.717) is 19.4 Å². The summed E-state index contributed by atoms with van der Waals surface area (Å²) in [4.78, 5) is 70.1. The Bertz CT molecular complexity index is 736. The fraction of sp³-hybridized carbons (Fsp3) is 0.600. The quantitative estimate of drug-likeness (QED) is 0.0890. The van der Waals surface area contributed by atoms with Crippen LogP contribution in [0.15, 0.2) is 12.2 Å². The Hall–Kier alpha value is -3.12. The van der Waals surface area contributed by atoms with Gasteiger partial charge in [-0.05, 0) is 26.2 Å². The molecule has 12 nitrogen and oxygen atoms in total. The number of quaternary nitrogens is 2. The lowest BCUT2D eigenvalue weighted by Gasteiger charge is -2.22. The van der Waals surface area contributed by atoms with Crippen LogP contribution in [-0.2, 0) is 38.2 Å². The molecular weight excluding hydrogens is 426 g/mol. The first-order valence-electron chi connectivity index (χ1n) is 10.1. The normalized spacial score (nSPS) is 13.2. The zero-order chi connectivity index (χ0) is 24.8. The Balaban J connectivity index is 5.13. The number of unbranched alkanes of at least 4 members (excludes halogenated alkanes) is 1. The van der Waals surface area contributed by atoms with E-state index in [-0.39, 0.29) is 18.6 Å². The number of esters is 2. The number of carbonyl (C=O) groups is 6. The van der Waals surface area contributed by atoms with Crippen LogP contribution >= 0.6 is 0 Å². The van der Waals surface area contributed by atoms with Gasteiger partial charge in [-0.3, -0.25) is 14.4 Å². The minimum Gasteiger partial charge on any atom is -0.550 e. The lowest BCUT2D eigenvalue weighted by Crippen LogP contribution is -2.70. The van der Waals surface area contributed by atoms with Crippen LogP contribution < -0.4 is 21.9 Å². The molecule has 0 radical (unpaired) electrons. The summed E-state index contributed by atoms with van der Waals surface area (Å²) in [6.45, 7) is 5.37. The number of carbonyl (C=O) groups excluding carboxylic acids is 6. The van der Waals surface area contributed by atoms with Gasteiger partial charge in [0.05, 0.1) is 12.6 Å². The molecule has 0 aromatic rings. The van der Waals surface area contributed by atoms with Gasteiger partial charge in [-0.25, -0.2) is 9.59 Å². The molecule has 7 N–H and O–H groups in total. The average Bonchev–Trinajstić information content (AvgIpc) is 2.72. The number of hydrogen-bond donors (Lipinski definition) is 3. The summed E-state index contributed by atoms with van der Waals surface area (Å²) in [5.74, 6) is -7.26. The number of nitrogens with one attached hydrogen (secondary N) is 1. The summed E-state index contributed by atoms with van der Waals surface area (Å²) in [6.07, 6.45) is 0.826. The number of carboxylic acid groups (broad SMARTS) is 1. The molecule has 0 fully saturated rings. The standard InChI is InChI=1S/C20H31N3O9/c1-11(2)19(29)32-10-14(22)17(26)23-15(6-4-5-7-21)16(25)8-13(18(27)28)9-31-20(30)12(3)24/h13-15H,1,4-10,21-22H2,2-3H3,(H,23,26)(H,27,28)/p+1/t13-,14-,15-/m0/s1. The topological polar surface area (TPSA) is 211 Å². The van der Waals surface area contributed by atoms with Crippen LogP contribution in [0.4, 0.5) is 0 Å². The molecule has 0 spiro atoms. The fourth-order valence-corrected chi connectivity index (χ4v) is 2.38. The molecule has 1 amide bonds. The SMILES string of the molecule is C=C(C)C(=O)OC[C@H]([NH3+])C(=O)N[C@@H](CCCC[NH3+])C(=O)C[C@@H](COC(=O)C(C)=O)C(=O)[O-]. The highest BCUT2D eigenvalue weighted by Gasteiger charge is 2.29. The second-order valence-corrected chi connectivity index (χ2v) is 7.33. The lowest BCUT2D eigenvalue weighted by molar-refractivity contribution is -0.409. The van der Waals surface area contributed by atoms with E-state index < -0.39 is 66.4 Å². The zero-order valence-electron chi connectivity index (χ0n) is 18.5. The van der Waals surface area contributed by atoms with Gasteiger partial charge in [0, 0.05) is 30.8 Å². The Kier molecular flexibility index (Phi) is 13.4. The van der Waals surface area contributed by atoms with Crippen LogP contribution in [0.25, 0.3) is 0 Å². The second-order valence-electron chi connectivity index (χ2n) is 7.33. The number of ether oxygens (including phenoxy) is 2. The van der Waals surface area contributed by atoms with Crippen molar-refractivity contribution in [3.8, 4) is 0 Å². The number of Topliss-reactive ketones (excluding diaryl/α,β-unsaturated/α-hetero) is 2. The minimum absolute atomic E-state index is 0.151. The first-order valence-corrected chi connectivity index (χ1v) is 10.1. The molecule has 0 aliphatic rings. The second kappa shape index (κ2) is 14.8. The molecule has 0 heterocycles. The van der Waals surface area contributed by atoms with Crippen molar-refractivity contribution in [3.63, 3.8) is 0 Å². The molecule has 3 atom stereocenters. The number of ketones is 2. The van der Waals surface area contributed by atoms with Crippen LogP contribution in [-0.4, -0.2) is 67.2 Å². The third-order valence-corrected chi connectivity index (χ3v) is 4.32. The molecule has 0 aliphatic carbocycles. The Labute approximate surface area is 185 Å². The van der Waals surface area contributed by atoms with Gasteiger partial charge in [-0.1, -0.05) is 6.58 Å². The summed E-state index contributed by atoms with van der Waals surface area (Å²) < 4.78 is 9.46. The minimum atomic E-state index is -1.64. The van der Waals surface area contributed by atoms with Crippen molar-refractivity contribution >= 4 is 35.4 Å². The molecule has 0 aromatic heterocycles. The van der Waals surface area contributed by atoms with E-state index in [1.807, 2.05) is 0 Å². The van der Waals surface area contributed by atoms with Crippen LogP contribution in [0.3, 0.4) is 0 Å². The van der Waals surface area contributed by atoms with Crippen LogP contribution in [0.5, 0.6) is 0 Å². The van der Waals surface area contributed by atoms with E-state index in [9.17, 15) is 33.9 Å². The van der Waals surface area contributed by atoms with Gasteiger partial charge in [0.2, 0.25) is 5.78 Å². The maximum atomic E-state index is 12.7. The molecule has 32 heavy (non-hydrogen) atoms. The third-order valence-electron chi connectivity index (χ3n) is 4.32. The van der Waals surface area contributed by atoms with Gasteiger partial charge >= 0.3 is 11.9 Å². The van der Waals surface area contributed by atoms with Crippen molar-refractivity contribution in [3.05, 3.63) is 12.2 Å². The van der Waals surface area contributed by atoms with Crippen LogP contribution in [0.2, 0.25) is 0 Å². The van der Waals surface area contributed by atoms with Gasteiger partial charge in [-0.2, -0.15) is 0 Å². The summed E-state index contributed by atoms with van der Waals surface area (Å²) in [7, 11) is 0. The number of amides is 1. The van der Waals surface area contributed by atoms with Crippen molar-refractivity contribution in [2.75, 3.05) is 19.8 Å². The molecule has 0 aliphatic heterocycles. The first kappa shape index (κ1) is 28.9. The first-order chi connectivity index (χ1) is 14.9. The van der Waals surface area contributed by atoms with E-state index in [2.05, 4.69) is 28.1 Å². The summed E-state index contributed by atoms with van der Waals surface area (Å²) in [5.41, 5.74) is 7.45. The molecule has 0 unspecified atom stereocenters. The van der Waals surface area contributed by atoms with E-state index in [4.69, 9.17) is 4.74 Å². The van der Waals surface area contributed by atoms with Crippen LogP contribution in [0, 0.1) is 5.92 Å². The van der Waals surface area contributed by atoms with E-state index >= 15 is 0 Å². The van der Waals surface area contributed by atoms with Crippen LogP contribution in [0.1, 0.15) is 39.5 Å². The maximum absolute atomic E-state index is 12.7. The number of rotatable bonds is 16. The molecule has 180 valence electrons. The van der Waals surface area contributed by atoms with Crippen molar-refractivity contribution in [2.45, 2.75) is 51.6 Å². The molecule has 0 saturated heterocycles. The maximum Gasteiger partial charge on any atom is 0.374 e. The Morgan fingerprint density at radius 1 is 1.00 bits per heavy atom. The highest BCUT2D eigenvalue weighted by molar-refractivity contribution is 6.32. The molecule has 0 aromatic carbocycles. The Morgan fingerprint density at radius 3 is 2.09 bits per heavy atom. The zero-order valence-corrected chi connectivity index (χ0v) is 18.5. The molecule has 0 saturated carbocycles. The van der Waals surface area contributed by atoms with Gasteiger partial charge in [0.25, 0.3) is 5.91 Å². The smallest absolute Gasteiger partial charge is 0.374 e. The van der Waals surface area contributed by atoms with E-state index in [1.54, 1.807) is 0 Å². The highest BCUT2D eigenvalue weighted by Crippen LogP contribution is 2.11. The summed E-state index contributed by atoms with van der Waals surface area (Å²) in [6, 6.07) is -2.06. The van der Waals surface area contributed by atoms with E-state index in [0.717, 1.165) is 6.92 Å². The van der Waals surface area contributed by atoms with Gasteiger partial charge in [-0.15, -0.1) is 0 Å². The largest absolute Gasteiger partial charge is 0.550 e. The monoisotopic (exact) mass is 458 g/mol. The predicted molar refractivity (Wildman–Crippen MR) is 106 cm³/mol.